The van der Waals surface area contributed by atoms with Crippen LogP contribution in [-0.4, -0.2) is 24.7 Å². The van der Waals surface area contributed by atoms with Crippen LogP contribution in [0.4, 0.5) is 4.39 Å². The van der Waals surface area contributed by atoms with Crippen LogP contribution in [0.2, 0.25) is 0 Å². The molecule has 1 heterocycles. The lowest BCUT2D eigenvalue weighted by Gasteiger charge is -2.12. The van der Waals surface area contributed by atoms with E-state index >= 15 is 0 Å². The Kier molecular flexibility index (Phi) is 1.42. The van der Waals surface area contributed by atoms with Gasteiger partial charge in [0, 0.05) is 6.21 Å². The topological polar surface area (TPSA) is 29.4 Å². The molecule has 0 aromatic heterocycles. The van der Waals surface area contributed by atoms with E-state index in [1.807, 2.05) is 0 Å². The Bertz CT molecular complexity index is 176. The largest absolute Gasteiger partial charge is 0.299 e. The molecule has 48 valence electrons. The highest BCUT2D eigenvalue weighted by molar-refractivity contribution is 5.78. The number of aliphatic imine (C=N–C) groups is 1. The number of allylic oxidation sites excluding steroid dienone is 1. The quantitative estimate of drug-likeness (QED) is 0.472. The summed E-state index contributed by atoms with van der Waals surface area (Å²) in [5, 5.41) is 0. The average Bonchev–Trinajstić information content (AvgIpc) is 1.90. The highest BCUT2D eigenvalue weighted by Gasteiger charge is 2.25. The van der Waals surface area contributed by atoms with Crippen molar-refractivity contribution in [3.63, 3.8) is 0 Å². The molecule has 0 saturated heterocycles. The molecule has 1 rings (SSSR count). The van der Waals surface area contributed by atoms with Crippen LogP contribution in [0.5, 0.6) is 0 Å². The summed E-state index contributed by atoms with van der Waals surface area (Å²) in [5.41, 5.74) is -1.84. The van der Waals surface area contributed by atoms with Crippen molar-refractivity contribution in [1.29, 1.82) is 0 Å². The number of carbonyl (C=O) groups is 1. The maximum atomic E-state index is 12.7. The van der Waals surface area contributed by atoms with Crippen molar-refractivity contribution < 1.29 is 9.18 Å². The van der Waals surface area contributed by atoms with Gasteiger partial charge in [0.1, 0.15) is 0 Å². The zero-order valence-electron chi connectivity index (χ0n) is 4.75. The number of hydrogen-bond acceptors (Lipinski definition) is 2. The SMILES string of the molecule is O=CC1(F)C=CC=NC1. The summed E-state index contributed by atoms with van der Waals surface area (Å²) in [6.45, 7) is -0.0764. The minimum absolute atomic E-state index is 0.0764. The van der Waals surface area contributed by atoms with Gasteiger partial charge in [-0.3, -0.25) is 9.79 Å². The molecule has 1 unspecified atom stereocenters. The monoisotopic (exact) mass is 127 g/mol. The molecule has 0 bridgehead atoms. The van der Waals surface area contributed by atoms with Crippen LogP contribution in [0, 0.1) is 0 Å². The van der Waals surface area contributed by atoms with Crippen molar-refractivity contribution in [2.45, 2.75) is 5.67 Å². The Balaban J connectivity index is 2.73. The lowest BCUT2D eigenvalue weighted by molar-refractivity contribution is -0.114. The first-order valence-electron chi connectivity index (χ1n) is 2.60. The standard InChI is InChI=1S/C6H6FNO/c7-6(5-9)2-1-3-8-4-6/h1-3,5H,4H2. The number of halogens is 1. The van der Waals surface area contributed by atoms with Crippen molar-refractivity contribution >= 4 is 12.5 Å². The maximum Gasteiger partial charge on any atom is 0.203 e. The number of alkyl halides is 1. The molecule has 0 fully saturated rings. The Hall–Kier alpha value is -0.990. The molecule has 1 aliphatic rings. The minimum atomic E-state index is -1.84. The molecule has 0 aliphatic carbocycles. The number of aldehydes is 1. The number of hydrogen-bond donors (Lipinski definition) is 0. The molecule has 1 atom stereocenters. The molecule has 0 saturated carbocycles. The van der Waals surface area contributed by atoms with Crippen molar-refractivity contribution in [2.75, 3.05) is 6.54 Å². The van der Waals surface area contributed by atoms with E-state index in [0.29, 0.717) is 0 Å². The van der Waals surface area contributed by atoms with Gasteiger partial charge in [-0.25, -0.2) is 4.39 Å². The van der Waals surface area contributed by atoms with E-state index in [1.165, 1.54) is 18.4 Å². The predicted molar refractivity (Wildman–Crippen MR) is 32.4 cm³/mol. The first-order chi connectivity index (χ1) is 4.27. The lowest BCUT2D eigenvalue weighted by Crippen LogP contribution is -2.27. The lowest BCUT2D eigenvalue weighted by atomic mass is 10.1. The van der Waals surface area contributed by atoms with Gasteiger partial charge in [0.15, 0.2) is 6.29 Å². The molecular weight excluding hydrogens is 121 g/mol. The van der Waals surface area contributed by atoms with Crippen LogP contribution >= 0.6 is 0 Å². The van der Waals surface area contributed by atoms with E-state index in [-0.39, 0.29) is 12.8 Å². The van der Waals surface area contributed by atoms with E-state index in [0.717, 1.165) is 0 Å². The summed E-state index contributed by atoms with van der Waals surface area (Å²) in [5.74, 6) is 0. The molecule has 0 aromatic rings. The molecular formula is C6H6FNO. The Morgan fingerprint density at radius 2 is 2.56 bits per heavy atom. The van der Waals surface area contributed by atoms with Gasteiger partial charge in [-0.1, -0.05) is 0 Å². The first kappa shape index (κ1) is 6.13. The second kappa shape index (κ2) is 2.09. The van der Waals surface area contributed by atoms with Crippen LogP contribution in [-0.2, 0) is 4.79 Å². The molecule has 0 N–H and O–H groups in total. The Morgan fingerprint density at radius 3 is 2.89 bits per heavy atom. The van der Waals surface area contributed by atoms with Crippen LogP contribution < -0.4 is 0 Å². The van der Waals surface area contributed by atoms with Gasteiger partial charge < -0.3 is 0 Å². The second-order valence-electron chi connectivity index (χ2n) is 1.89. The molecule has 0 radical (unpaired) electrons. The average molecular weight is 127 g/mol. The maximum absolute atomic E-state index is 12.7. The van der Waals surface area contributed by atoms with Crippen LogP contribution in [0.15, 0.2) is 17.1 Å². The molecule has 9 heavy (non-hydrogen) atoms. The van der Waals surface area contributed by atoms with E-state index in [4.69, 9.17) is 0 Å². The van der Waals surface area contributed by atoms with Gasteiger partial charge in [0.05, 0.1) is 6.54 Å². The van der Waals surface area contributed by atoms with Gasteiger partial charge >= 0.3 is 0 Å². The third kappa shape index (κ3) is 1.22. The minimum Gasteiger partial charge on any atom is -0.299 e. The van der Waals surface area contributed by atoms with Crippen molar-refractivity contribution in [3.8, 4) is 0 Å². The number of carbonyl (C=O) groups excluding carboxylic acids is 1. The number of rotatable bonds is 1. The Morgan fingerprint density at radius 1 is 1.78 bits per heavy atom. The van der Waals surface area contributed by atoms with Gasteiger partial charge in [-0.15, -0.1) is 0 Å². The molecule has 0 spiro atoms. The van der Waals surface area contributed by atoms with Crippen molar-refractivity contribution in [2.24, 2.45) is 4.99 Å². The zero-order chi connectivity index (χ0) is 6.74. The summed E-state index contributed by atoms with van der Waals surface area (Å²) in [7, 11) is 0. The van der Waals surface area contributed by atoms with Crippen molar-refractivity contribution in [3.05, 3.63) is 12.2 Å². The summed E-state index contributed by atoms with van der Waals surface area (Å²) < 4.78 is 12.7. The van der Waals surface area contributed by atoms with Gasteiger partial charge in [-0.2, -0.15) is 0 Å². The zero-order valence-corrected chi connectivity index (χ0v) is 4.75. The van der Waals surface area contributed by atoms with Crippen LogP contribution in [0.25, 0.3) is 0 Å². The highest BCUT2D eigenvalue weighted by Crippen LogP contribution is 2.12. The fourth-order valence-electron chi connectivity index (χ4n) is 0.586. The number of nitrogens with zero attached hydrogens (tertiary/aromatic N) is 1. The van der Waals surface area contributed by atoms with Gasteiger partial charge in [-0.05, 0) is 12.2 Å². The van der Waals surface area contributed by atoms with E-state index in [2.05, 4.69) is 4.99 Å². The normalized spacial score (nSPS) is 32.6. The van der Waals surface area contributed by atoms with Gasteiger partial charge in [0.25, 0.3) is 0 Å². The summed E-state index contributed by atoms with van der Waals surface area (Å²) in [4.78, 5) is 13.6. The molecule has 0 aromatic carbocycles. The summed E-state index contributed by atoms with van der Waals surface area (Å²) in [6.07, 6.45) is 4.37. The predicted octanol–water partition coefficient (Wildman–Crippen LogP) is 0.534. The third-order valence-corrected chi connectivity index (χ3v) is 1.09. The number of dihydropyridines is 1. The molecule has 1 aliphatic heterocycles. The fraction of sp³-hybridized carbons (Fsp3) is 0.333. The third-order valence-electron chi connectivity index (χ3n) is 1.09. The van der Waals surface area contributed by atoms with Gasteiger partial charge in [0.2, 0.25) is 5.67 Å². The van der Waals surface area contributed by atoms with Crippen LogP contribution in [0.1, 0.15) is 0 Å². The van der Waals surface area contributed by atoms with Crippen LogP contribution in [0.3, 0.4) is 0 Å². The smallest absolute Gasteiger partial charge is 0.203 e. The molecule has 0 amide bonds. The van der Waals surface area contributed by atoms with E-state index in [9.17, 15) is 9.18 Å². The highest BCUT2D eigenvalue weighted by atomic mass is 19.1. The Labute approximate surface area is 52.1 Å². The summed E-state index contributed by atoms with van der Waals surface area (Å²) in [6, 6.07) is 0. The second-order valence-corrected chi connectivity index (χ2v) is 1.89. The van der Waals surface area contributed by atoms with E-state index < -0.39 is 5.67 Å². The first-order valence-corrected chi connectivity index (χ1v) is 2.60. The molecule has 3 heteroatoms. The van der Waals surface area contributed by atoms with E-state index in [1.54, 1.807) is 0 Å². The summed E-state index contributed by atoms with van der Waals surface area (Å²) >= 11 is 0. The van der Waals surface area contributed by atoms with Crippen molar-refractivity contribution in [1.82, 2.24) is 0 Å². The fourth-order valence-corrected chi connectivity index (χ4v) is 0.586. The molecule has 2 nitrogen and oxygen atoms in total.